The average Bonchev–Trinajstić information content (AvgIpc) is 2.48. The second kappa shape index (κ2) is 5.14. The molecular formula is C18H21NO2. The maximum atomic E-state index is 12.1. The van der Waals surface area contributed by atoms with Gasteiger partial charge in [-0.25, -0.2) is 0 Å². The van der Waals surface area contributed by atoms with E-state index in [1.54, 1.807) is 0 Å². The number of benzene rings is 1. The van der Waals surface area contributed by atoms with E-state index >= 15 is 0 Å². The third kappa shape index (κ3) is 2.21. The minimum absolute atomic E-state index is 0.308. The van der Waals surface area contributed by atoms with Gasteiger partial charge >= 0.3 is 0 Å². The van der Waals surface area contributed by atoms with Crippen LogP contribution >= 0.6 is 0 Å². The molecule has 1 fully saturated rings. The van der Waals surface area contributed by atoms with Gasteiger partial charge in [0.15, 0.2) is 0 Å². The molecular weight excluding hydrogens is 262 g/mol. The second-order valence-electron chi connectivity index (χ2n) is 6.22. The third-order valence-corrected chi connectivity index (χ3v) is 4.77. The van der Waals surface area contributed by atoms with E-state index in [9.17, 15) is 9.59 Å². The van der Waals surface area contributed by atoms with E-state index in [2.05, 4.69) is 18.7 Å². The van der Waals surface area contributed by atoms with Gasteiger partial charge in [-0.05, 0) is 56.7 Å². The summed E-state index contributed by atoms with van der Waals surface area (Å²) >= 11 is 0. The van der Waals surface area contributed by atoms with Crippen molar-refractivity contribution in [1.82, 2.24) is 0 Å². The third-order valence-electron chi connectivity index (χ3n) is 4.77. The monoisotopic (exact) mass is 283 g/mol. The molecule has 0 bridgehead atoms. The number of nitrogens with zero attached hydrogens (tertiary/aromatic N) is 1. The van der Waals surface area contributed by atoms with E-state index in [1.165, 1.54) is 12.0 Å². The highest BCUT2D eigenvalue weighted by atomic mass is 16.2. The van der Waals surface area contributed by atoms with Crippen LogP contribution in [-0.4, -0.2) is 12.6 Å². The van der Waals surface area contributed by atoms with E-state index in [0.717, 1.165) is 30.5 Å². The van der Waals surface area contributed by atoms with Gasteiger partial charge in [-0.1, -0.05) is 18.2 Å². The smallest absolute Gasteiger partial charge is 0.250 e. The van der Waals surface area contributed by atoms with Gasteiger partial charge in [0.25, 0.3) is 0 Å². The van der Waals surface area contributed by atoms with E-state index < -0.39 is 0 Å². The van der Waals surface area contributed by atoms with Crippen molar-refractivity contribution in [3.63, 3.8) is 0 Å². The normalized spacial score (nSPS) is 19.2. The summed E-state index contributed by atoms with van der Waals surface area (Å²) in [5.41, 5.74) is 3.87. The quantitative estimate of drug-likeness (QED) is 0.795. The van der Waals surface area contributed by atoms with Crippen LogP contribution in [0.15, 0.2) is 27.8 Å². The van der Waals surface area contributed by atoms with Gasteiger partial charge in [0.05, 0.1) is 5.56 Å². The molecule has 1 atom stereocenters. The molecule has 0 unspecified atom stereocenters. The lowest BCUT2D eigenvalue weighted by molar-refractivity contribution is 0.483. The average molecular weight is 283 g/mol. The fourth-order valence-corrected chi connectivity index (χ4v) is 3.25. The molecule has 1 heterocycles. The number of hydrogen-bond acceptors (Lipinski definition) is 3. The Bertz CT molecular complexity index is 753. The van der Waals surface area contributed by atoms with Gasteiger partial charge in [0.2, 0.25) is 10.9 Å². The molecule has 3 nitrogen and oxygen atoms in total. The van der Waals surface area contributed by atoms with Crippen LogP contribution in [0.25, 0.3) is 11.1 Å². The molecule has 2 aromatic rings. The van der Waals surface area contributed by atoms with Crippen molar-refractivity contribution in [3.05, 3.63) is 49.8 Å². The van der Waals surface area contributed by atoms with Crippen molar-refractivity contribution in [3.8, 4) is 11.1 Å². The Hall–Kier alpha value is -1.90. The first-order valence-electron chi connectivity index (χ1n) is 7.68. The Morgan fingerprint density at radius 1 is 1.05 bits per heavy atom. The first-order chi connectivity index (χ1) is 10.0. The summed E-state index contributed by atoms with van der Waals surface area (Å²) in [6.45, 7) is 7.10. The molecule has 0 saturated carbocycles. The Balaban J connectivity index is 2.08. The van der Waals surface area contributed by atoms with Crippen LogP contribution in [0, 0.1) is 13.8 Å². The Labute approximate surface area is 124 Å². The molecule has 1 aliphatic heterocycles. The predicted octanol–water partition coefficient (Wildman–Crippen LogP) is 2.95. The van der Waals surface area contributed by atoms with Crippen LogP contribution in [0.3, 0.4) is 0 Å². The van der Waals surface area contributed by atoms with Gasteiger partial charge in [0.1, 0.15) is 5.69 Å². The number of rotatable bonds is 2. The van der Waals surface area contributed by atoms with E-state index in [-0.39, 0.29) is 10.9 Å². The maximum Gasteiger partial charge on any atom is 0.250 e. The number of piperidine rings is 1. The lowest BCUT2D eigenvalue weighted by atomic mass is 9.92. The summed E-state index contributed by atoms with van der Waals surface area (Å²) in [5.74, 6) is 0. The fraction of sp³-hybridized carbons (Fsp3) is 0.444. The predicted molar refractivity (Wildman–Crippen MR) is 86.9 cm³/mol. The van der Waals surface area contributed by atoms with Gasteiger partial charge in [-0.3, -0.25) is 9.59 Å². The van der Waals surface area contributed by atoms with E-state index in [4.69, 9.17) is 0 Å². The highest BCUT2D eigenvalue weighted by Crippen LogP contribution is 2.31. The van der Waals surface area contributed by atoms with Gasteiger partial charge in [-0.2, -0.15) is 0 Å². The molecule has 0 aliphatic carbocycles. The SMILES string of the molecule is Cc1ccc(-c2c(N3CCCC[C@@H]3C)c(=O)c2=O)cc1C. The summed E-state index contributed by atoms with van der Waals surface area (Å²) in [6.07, 6.45) is 3.38. The summed E-state index contributed by atoms with van der Waals surface area (Å²) in [5, 5.41) is 0. The molecule has 0 spiro atoms. The van der Waals surface area contributed by atoms with E-state index in [0.29, 0.717) is 17.3 Å². The molecule has 1 saturated heterocycles. The Kier molecular flexibility index (Phi) is 3.44. The van der Waals surface area contributed by atoms with Crippen LogP contribution in [0.1, 0.15) is 37.3 Å². The topological polar surface area (TPSA) is 37.4 Å². The first kappa shape index (κ1) is 14.1. The fourth-order valence-electron chi connectivity index (χ4n) is 3.25. The standard InChI is InChI=1S/C18H21NO2/c1-11-7-8-14(10-12(11)2)15-16(18(21)17(15)20)19-9-5-4-6-13(19)3/h7-8,10,13H,4-6,9H2,1-3H3/t13-/m0/s1. The minimum Gasteiger partial charge on any atom is -0.365 e. The summed E-state index contributed by atoms with van der Waals surface area (Å²) in [6, 6.07) is 6.33. The zero-order chi connectivity index (χ0) is 15.1. The first-order valence-corrected chi connectivity index (χ1v) is 7.68. The van der Waals surface area contributed by atoms with Crippen molar-refractivity contribution >= 4 is 5.69 Å². The molecule has 2 aromatic carbocycles. The van der Waals surface area contributed by atoms with Crippen molar-refractivity contribution in [2.75, 3.05) is 11.4 Å². The van der Waals surface area contributed by atoms with Crippen molar-refractivity contribution in [2.24, 2.45) is 0 Å². The Morgan fingerprint density at radius 3 is 2.48 bits per heavy atom. The molecule has 1 aliphatic rings. The molecule has 3 heteroatoms. The lowest BCUT2D eigenvalue weighted by Gasteiger charge is -2.36. The van der Waals surface area contributed by atoms with Gasteiger partial charge < -0.3 is 4.90 Å². The van der Waals surface area contributed by atoms with E-state index in [1.807, 2.05) is 25.1 Å². The zero-order valence-electron chi connectivity index (χ0n) is 12.9. The summed E-state index contributed by atoms with van der Waals surface area (Å²) in [4.78, 5) is 26.3. The van der Waals surface area contributed by atoms with Crippen LogP contribution in [0.4, 0.5) is 5.69 Å². The summed E-state index contributed by atoms with van der Waals surface area (Å²) < 4.78 is 0. The lowest BCUT2D eigenvalue weighted by Crippen LogP contribution is -2.47. The van der Waals surface area contributed by atoms with Gasteiger partial charge in [0, 0.05) is 12.6 Å². The summed E-state index contributed by atoms with van der Waals surface area (Å²) in [7, 11) is 0. The van der Waals surface area contributed by atoms with Crippen LogP contribution in [-0.2, 0) is 0 Å². The number of anilines is 1. The Morgan fingerprint density at radius 2 is 1.81 bits per heavy atom. The number of aryl methyl sites for hydroxylation is 2. The molecule has 0 N–H and O–H groups in total. The van der Waals surface area contributed by atoms with Crippen LogP contribution < -0.4 is 15.8 Å². The molecule has 21 heavy (non-hydrogen) atoms. The number of hydrogen-bond donors (Lipinski definition) is 0. The maximum absolute atomic E-state index is 12.1. The molecule has 0 aromatic heterocycles. The van der Waals surface area contributed by atoms with Crippen molar-refractivity contribution in [2.45, 2.75) is 46.1 Å². The molecule has 110 valence electrons. The minimum atomic E-state index is -0.328. The van der Waals surface area contributed by atoms with Crippen LogP contribution in [0.5, 0.6) is 0 Å². The molecule has 0 amide bonds. The largest absolute Gasteiger partial charge is 0.365 e. The highest BCUT2D eigenvalue weighted by molar-refractivity contribution is 5.83. The molecule has 3 rings (SSSR count). The zero-order valence-corrected chi connectivity index (χ0v) is 12.9. The second-order valence-corrected chi connectivity index (χ2v) is 6.22. The van der Waals surface area contributed by atoms with Gasteiger partial charge in [-0.15, -0.1) is 0 Å². The van der Waals surface area contributed by atoms with Crippen molar-refractivity contribution < 1.29 is 0 Å². The highest BCUT2D eigenvalue weighted by Gasteiger charge is 2.30. The van der Waals surface area contributed by atoms with Crippen molar-refractivity contribution in [1.29, 1.82) is 0 Å². The molecule has 0 radical (unpaired) electrons. The van der Waals surface area contributed by atoms with Crippen LogP contribution in [0.2, 0.25) is 0 Å².